The quantitative estimate of drug-likeness (QED) is 0.0898. The molecule has 4 unspecified atom stereocenters. The Kier molecular flexibility index (Phi) is 13.3. The van der Waals surface area contributed by atoms with Crippen molar-refractivity contribution in [3.05, 3.63) is 84.1 Å². The van der Waals surface area contributed by atoms with Crippen molar-refractivity contribution < 1.29 is 37.4 Å². The van der Waals surface area contributed by atoms with Crippen LogP contribution < -0.4 is 30.5 Å². The number of hydrogen-bond donors (Lipinski definition) is 3. The van der Waals surface area contributed by atoms with E-state index in [1.54, 1.807) is 40.0 Å². The van der Waals surface area contributed by atoms with Gasteiger partial charge in [-0.2, -0.15) is 15.1 Å². The second kappa shape index (κ2) is 20.6. The number of terminal acetylenes is 1. The molecule has 4 atom stereocenters. The molecule has 10 heterocycles. The van der Waals surface area contributed by atoms with Crippen LogP contribution >= 0.6 is 0 Å². The number of ether oxygens (including phenoxy) is 2. The molecule has 0 spiro atoms. The number of amides is 5. The average Bonchev–Trinajstić information content (AvgIpc) is 4.32. The van der Waals surface area contributed by atoms with Crippen molar-refractivity contribution in [1.82, 2.24) is 50.1 Å². The van der Waals surface area contributed by atoms with Crippen LogP contribution in [0.2, 0.25) is 0 Å². The molecule has 21 heteroatoms. The molecule has 0 aliphatic carbocycles. The number of benzene rings is 3. The molecule has 80 heavy (non-hydrogen) atoms. The molecule has 0 saturated carbocycles. The van der Waals surface area contributed by atoms with Crippen molar-refractivity contribution >= 4 is 73.8 Å². The molecular formula is C59H63F2N13O6. The Labute approximate surface area is 461 Å². The van der Waals surface area contributed by atoms with Gasteiger partial charge in [0.25, 0.3) is 0 Å². The van der Waals surface area contributed by atoms with Gasteiger partial charge in [-0.3, -0.25) is 34.4 Å². The fourth-order valence-electron chi connectivity index (χ4n) is 13.7. The Hall–Kier alpha value is -7.96. The second-order valence-electron chi connectivity index (χ2n) is 22.8. The summed E-state index contributed by atoms with van der Waals surface area (Å²) < 4.78 is 46.7. The summed E-state index contributed by atoms with van der Waals surface area (Å²) in [7, 11) is 1.83. The van der Waals surface area contributed by atoms with Crippen LogP contribution in [0.4, 0.5) is 35.7 Å². The number of rotatable bonds is 11. The summed E-state index contributed by atoms with van der Waals surface area (Å²) in [5.74, 6) is 1.92. The minimum Gasteiger partial charge on any atom is -0.461 e. The monoisotopic (exact) mass is 1090 g/mol. The van der Waals surface area contributed by atoms with Crippen molar-refractivity contribution in [2.24, 2.45) is 13.0 Å². The normalized spacial score (nSPS) is 23.8. The van der Waals surface area contributed by atoms with Gasteiger partial charge in [-0.05, 0) is 87.4 Å². The molecule has 7 aliphatic heterocycles. The number of imide groups is 1. The minimum absolute atomic E-state index is 0.00605. The van der Waals surface area contributed by atoms with Gasteiger partial charge in [0.1, 0.15) is 36.1 Å². The summed E-state index contributed by atoms with van der Waals surface area (Å²) in [5, 5.41) is 16.6. The van der Waals surface area contributed by atoms with Crippen LogP contribution in [0.25, 0.3) is 43.8 Å². The first kappa shape index (κ1) is 51.5. The summed E-state index contributed by atoms with van der Waals surface area (Å²) in [4.78, 5) is 75.8. The molecule has 19 nitrogen and oxygen atoms in total. The number of fused-ring (bicyclic) bond motifs is 6. The number of carbonyl (C=O) groups is 4. The van der Waals surface area contributed by atoms with E-state index >= 15 is 8.78 Å². The van der Waals surface area contributed by atoms with Crippen molar-refractivity contribution in [3.8, 4) is 29.6 Å². The number of halogens is 2. The van der Waals surface area contributed by atoms with Crippen molar-refractivity contribution in [3.63, 3.8) is 0 Å². The van der Waals surface area contributed by atoms with Gasteiger partial charge in [-0.25, -0.2) is 18.4 Å². The van der Waals surface area contributed by atoms with Crippen LogP contribution in [-0.2, 0) is 21.4 Å². The number of carbonyl (C=O) groups excluding carboxylic acids is 4. The van der Waals surface area contributed by atoms with E-state index in [-0.39, 0.29) is 97.0 Å². The lowest BCUT2D eigenvalue weighted by atomic mass is 9.94. The van der Waals surface area contributed by atoms with Gasteiger partial charge in [0.05, 0.1) is 22.0 Å². The number of hydrogen-bond acceptors (Lipinski definition) is 14. The van der Waals surface area contributed by atoms with E-state index in [0.29, 0.717) is 98.4 Å². The Balaban J connectivity index is 0.626. The lowest BCUT2D eigenvalue weighted by molar-refractivity contribution is -0.138. The zero-order chi connectivity index (χ0) is 55.0. The number of piperazine rings is 1. The first-order valence-corrected chi connectivity index (χ1v) is 28.0. The lowest BCUT2D eigenvalue weighted by Crippen LogP contribution is -2.51. The zero-order valence-electron chi connectivity index (χ0n) is 44.7. The van der Waals surface area contributed by atoms with Gasteiger partial charge in [-0.15, -0.1) is 6.42 Å². The highest BCUT2D eigenvalue weighted by atomic mass is 19.1. The molecule has 5 amide bonds. The molecule has 3 aromatic heterocycles. The molecular weight excluding hydrogens is 1020 g/mol. The lowest BCUT2D eigenvalue weighted by Gasteiger charge is -2.37. The van der Waals surface area contributed by atoms with Gasteiger partial charge in [0.2, 0.25) is 11.8 Å². The third kappa shape index (κ3) is 9.34. The van der Waals surface area contributed by atoms with E-state index in [1.807, 2.05) is 30.1 Å². The number of nitrogens with one attached hydrogen (secondary N) is 3. The number of aromatic nitrogens is 5. The Morgan fingerprint density at radius 2 is 1.71 bits per heavy atom. The fourth-order valence-corrected chi connectivity index (χ4v) is 13.7. The standard InChI is InChI=1S/C59H63F2N13O6/c1-4-42-46(60)13-8-35-6-5-7-44(49(35)42)51-50(61)52-45(28-62-51)53(72-30-39-9-10-40(31-72)64-39)67-56(66-52)80-33-59-20-14-41(74(59)29-34(2)27-59)32-79-58(78)71-21-15-36(16-22-71)55(76)70-23-17-37(18-24-70)63-38-11-12-43-47(26-38)69(3)68-54(43)73-25-19-48(75)65-57(73)77/h1,5-8,11-13,26,28,36-37,39-41,63-64H,2,9-10,14-25,27,29-33H2,3H3,(H,65,75,77). The number of pyridine rings is 1. The molecule has 3 aromatic carbocycles. The average molecular weight is 1090 g/mol. The highest BCUT2D eigenvalue weighted by Crippen LogP contribution is 2.45. The first-order chi connectivity index (χ1) is 38.8. The maximum absolute atomic E-state index is 17.3. The molecule has 13 rings (SSSR count). The smallest absolute Gasteiger partial charge is 0.409 e. The molecule has 3 N–H and O–H groups in total. The van der Waals surface area contributed by atoms with E-state index in [1.165, 1.54) is 11.0 Å². The van der Waals surface area contributed by atoms with E-state index in [9.17, 15) is 19.2 Å². The second-order valence-corrected chi connectivity index (χ2v) is 22.8. The van der Waals surface area contributed by atoms with Gasteiger partial charge >= 0.3 is 18.1 Å². The maximum Gasteiger partial charge on any atom is 0.409 e. The molecule has 414 valence electrons. The van der Waals surface area contributed by atoms with Crippen molar-refractivity contribution in [2.45, 2.75) is 93.9 Å². The maximum atomic E-state index is 17.3. The fraction of sp³-hybridized carbons (Fsp3) is 0.458. The molecule has 7 aliphatic rings. The first-order valence-electron chi connectivity index (χ1n) is 28.0. The van der Waals surface area contributed by atoms with Crippen LogP contribution in [0, 0.1) is 29.9 Å². The topological polar surface area (TPSA) is 196 Å². The summed E-state index contributed by atoms with van der Waals surface area (Å²) in [6.45, 7) is 9.13. The van der Waals surface area contributed by atoms with E-state index < -0.39 is 23.2 Å². The van der Waals surface area contributed by atoms with Crippen LogP contribution in [0.3, 0.4) is 0 Å². The molecule has 7 fully saturated rings. The number of likely N-dealkylation sites (tertiary alicyclic amines) is 2. The number of anilines is 3. The van der Waals surface area contributed by atoms with Crippen molar-refractivity contribution in [2.75, 3.05) is 80.7 Å². The van der Waals surface area contributed by atoms with Crippen LogP contribution in [0.1, 0.15) is 69.8 Å². The number of piperidine rings is 2. The van der Waals surface area contributed by atoms with E-state index in [0.717, 1.165) is 60.7 Å². The minimum atomic E-state index is -0.686. The van der Waals surface area contributed by atoms with Crippen molar-refractivity contribution in [1.29, 1.82) is 0 Å². The summed E-state index contributed by atoms with van der Waals surface area (Å²) in [6, 6.07) is 14.3. The largest absolute Gasteiger partial charge is 0.461 e. The van der Waals surface area contributed by atoms with Gasteiger partial charge in [-0.1, -0.05) is 42.3 Å². The van der Waals surface area contributed by atoms with Gasteiger partial charge < -0.3 is 34.8 Å². The van der Waals surface area contributed by atoms with Crippen LogP contribution in [0.5, 0.6) is 6.01 Å². The zero-order valence-corrected chi connectivity index (χ0v) is 44.7. The Morgan fingerprint density at radius 3 is 2.49 bits per heavy atom. The Morgan fingerprint density at radius 1 is 0.925 bits per heavy atom. The highest BCUT2D eigenvalue weighted by Gasteiger charge is 2.52. The third-order valence-corrected chi connectivity index (χ3v) is 17.8. The van der Waals surface area contributed by atoms with E-state index in [4.69, 9.17) is 25.9 Å². The SMILES string of the molecule is C#Cc1c(F)ccc2cccc(-c3ncc4c(N5CC6CCC(C5)N6)nc(OCC56CCC(COC(=O)N7CCC(C(=O)N8CCC(Nc9ccc%10c(N%11CCC(=O)NC%11=O)nn(C)c%10c9)CC8)CC7)N5CC(=C)C6)nc4c3F)c12. The summed E-state index contributed by atoms with van der Waals surface area (Å²) in [5.41, 5.74) is 2.77. The van der Waals surface area contributed by atoms with Gasteiger partial charge in [0.15, 0.2) is 11.6 Å². The van der Waals surface area contributed by atoms with Gasteiger partial charge in [0, 0.05) is 124 Å². The number of nitrogens with zero attached hydrogens (tertiary/aromatic N) is 10. The summed E-state index contributed by atoms with van der Waals surface area (Å²) >= 11 is 0. The summed E-state index contributed by atoms with van der Waals surface area (Å²) in [6.07, 6.45) is 14.2. The van der Waals surface area contributed by atoms with Crippen LogP contribution in [0.15, 0.2) is 66.9 Å². The predicted molar refractivity (Wildman–Crippen MR) is 297 cm³/mol. The molecule has 2 bridgehead atoms. The number of urea groups is 1. The van der Waals surface area contributed by atoms with Crippen LogP contribution in [-0.4, -0.2) is 159 Å². The molecule has 7 saturated heterocycles. The highest BCUT2D eigenvalue weighted by molar-refractivity contribution is 6.09. The Bertz CT molecular complexity index is 3560. The molecule has 0 radical (unpaired) electrons. The predicted octanol–water partition coefficient (Wildman–Crippen LogP) is 6.87. The third-order valence-electron chi connectivity index (χ3n) is 17.8. The molecule has 6 aromatic rings. The number of aryl methyl sites for hydroxylation is 1. The van der Waals surface area contributed by atoms with E-state index in [2.05, 4.69) is 48.3 Å².